The molecule has 3 spiro atoms. The average Bonchev–Trinajstić information content (AvgIpc) is 4.09. The summed E-state index contributed by atoms with van der Waals surface area (Å²) in [5.74, 6) is 0.445. The summed E-state index contributed by atoms with van der Waals surface area (Å²) in [5, 5.41) is 9.03. The van der Waals surface area contributed by atoms with E-state index in [-0.39, 0.29) is 68.6 Å². The first-order valence-electron chi connectivity index (χ1n) is 31.8. The summed E-state index contributed by atoms with van der Waals surface area (Å²) in [7, 11) is 0. The number of hydrogen-bond donors (Lipinski definition) is 3. The van der Waals surface area contributed by atoms with Crippen molar-refractivity contribution in [3.05, 3.63) is 106 Å². The van der Waals surface area contributed by atoms with Crippen LogP contribution in [0.4, 0.5) is 4.39 Å². The lowest BCUT2D eigenvalue weighted by Gasteiger charge is -2.48. The highest BCUT2D eigenvalue weighted by Gasteiger charge is 2.48. The summed E-state index contributed by atoms with van der Waals surface area (Å²) in [6.07, 6.45) is 17.1. The van der Waals surface area contributed by atoms with Crippen LogP contribution in [0.25, 0.3) is 0 Å². The summed E-state index contributed by atoms with van der Waals surface area (Å²) in [5.41, 5.74) is 8.86. The number of nitrogens with one attached hydrogen (secondary N) is 3. The largest absolute Gasteiger partial charge is 0.350 e. The topological polar surface area (TPSA) is 134 Å². The molecule has 0 bridgehead atoms. The third-order valence-electron chi connectivity index (χ3n) is 20.3. The van der Waals surface area contributed by atoms with E-state index >= 15 is 0 Å². The van der Waals surface area contributed by atoms with Crippen molar-refractivity contribution in [2.45, 2.75) is 218 Å². The number of likely N-dealkylation sites (tertiary alicyclic amines) is 4. The zero-order valence-electron chi connectivity index (χ0n) is 51.5. The van der Waals surface area contributed by atoms with Gasteiger partial charge in [0.05, 0.1) is 18.1 Å². The van der Waals surface area contributed by atoms with E-state index in [0.29, 0.717) is 41.9 Å². The van der Waals surface area contributed by atoms with E-state index in [0.717, 1.165) is 94.7 Å². The molecule has 0 aromatic heterocycles. The van der Waals surface area contributed by atoms with Gasteiger partial charge in [-0.3, -0.25) is 28.9 Å². The van der Waals surface area contributed by atoms with Gasteiger partial charge in [0.2, 0.25) is 29.5 Å². The minimum absolute atomic E-state index is 0. The number of carbonyl (C=O) groups is 5. The summed E-state index contributed by atoms with van der Waals surface area (Å²) >= 11 is 0. The summed E-state index contributed by atoms with van der Waals surface area (Å²) in [6, 6.07) is 22.1. The van der Waals surface area contributed by atoms with Gasteiger partial charge in [-0.1, -0.05) is 110 Å². The number of fused-ring (bicyclic) bond motifs is 6. The van der Waals surface area contributed by atoms with Crippen LogP contribution in [0.3, 0.4) is 0 Å². The molecule has 5 aliphatic heterocycles. The molecule has 0 saturated carbocycles. The highest BCUT2D eigenvalue weighted by atomic mass is 19.1. The van der Waals surface area contributed by atoms with Crippen LogP contribution in [0, 0.1) is 22.6 Å². The Kier molecular flexibility index (Phi) is 19.3. The molecule has 3 N–H and O–H groups in total. The fraction of sp³-hybridized carbons (Fsp3) is 0.667. The number of amides is 5. The van der Waals surface area contributed by atoms with Crippen molar-refractivity contribution in [2.24, 2.45) is 16.7 Å². The number of imide groups is 1. The zero-order chi connectivity index (χ0) is 58.6. The molecule has 11 rings (SSSR count). The normalized spacial score (nSPS) is 25.1. The molecule has 13 heteroatoms. The third kappa shape index (κ3) is 14.6. The van der Waals surface area contributed by atoms with Crippen molar-refractivity contribution < 1.29 is 32.6 Å². The van der Waals surface area contributed by atoms with Gasteiger partial charge in [0, 0.05) is 37.0 Å². The Bertz CT molecular complexity index is 2740. The van der Waals surface area contributed by atoms with E-state index in [1.165, 1.54) is 99.4 Å². The second-order valence-electron chi connectivity index (χ2n) is 29.0. The molecule has 12 nitrogen and oxygen atoms in total. The molecular weight excluding hydrogens is 1030 g/mol. The minimum Gasteiger partial charge on any atom is -0.350 e. The standard InChI is InChI=1S/C25H36FN3O2.C24H34N2O2.C20H30N2O.3H2/c1-24(2,3)10-13-29-14-11-25(12-15-29)9-8-20(18-5-4-17(26)16-19(18)25)28-23(31)21-6-7-22(30)27-21;1-23(2,3)12-15-25-16-13-24(14-17-25)11-10-20(18-6-4-5-7-19(18)24)26-21(27)8-9-22(26)28;1-15(2)14-22-12-10-20(11-13-22)9-8-19(21-16(3)23)17-6-4-5-7-18(17)20;;;/h4-5,16,20-21H,6-15H2,1-3H3,(H,27,30)(H,28,31);4-7,20H,8-17H2,1-3H3;4-7,15,19H,8-14H2,1-3H3,(H,21,23);3*1H/t20-,21-;20-;19-;;;/m000.../s1. The molecule has 454 valence electrons. The van der Waals surface area contributed by atoms with Gasteiger partial charge in [0.25, 0.3) is 0 Å². The number of rotatable bonds is 10. The molecule has 5 saturated heterocycles. The van der Waals surface area contributed by atoms with Crippen LogP contribution in [-0.4, -0.2) is 114 Å². The Hall–Kier alpha value is -4.98. The SMILES string of the molecule is CC(=O)N[C@H]1CCC2(CCN(CC(C)C)CC2)c2ccccc21.CC(C)(C)CCN1CCC2(CC[C@H](N3C(=O)CCC3=O)c3ccccc32)CC1.CC(C)(C)CCN1CCC2(CC[C@H](NC(=O)[C@@H]3CCC(=O)N3)c3ccc(F)cc32)CC1.[HH].[HH].[HH]. The Balaban J connectivity index is 0.000000203. The lowest BCUT2D eigenvalue weighted by molar-refractivity contribution is -0.142. The first kappa shape index (κ1) is 61.6. The van der Waals surface area contributed by atoms with Crippen molar-refractivity contribution in [3.63, 3.8) is 0 Å². The fourth-order valence-corrected chi connectivity index (χ4v) is 15.4. The van der Waals surface area contributed by atoms with Gasteiger partial charge in [-0.15, -0.1) is 0 Å². The number of benzene rings is 3. The molecule has 5 heterocycles. The highest BCUT2D eigenvalue weighted by Crippen LogP contribution is 2.52. The number of carbonyl (C=O) groups excluding carboxylic acids is 5. The Labute approximate surface area is 495 Å². The molecule has 4 atom stereocenters. The van der Waals surface area contributed by atoms with E-state index in [9.17, 15) is 28.4 Å². The Morgan fingerprint density at radius 3 is 1.56 bits per heavy atom. The van der Waals surface area contributed by atoms with Crippen molar-refractivity contribution in [1.82, 2.24) is 35.6 Å². The van der Waals surface area contributed by atoms with E-state index < -0.39 is 6.04 Å². The number of hydrogen-bond acceptors (Lipinski definition) is 8. The number of halogens is 1. The van der Waals surface area contributed by atoms with E-state index in [4.69, 9.17) is 0 Å². The summed E-state index contributed by atoms with van der Waals surface area (Å²) < 4.78 is 14.3. The van der Waals surface area contributed by atoms with Gasteiger partial charge in [-0.25, -0.2) is 4.39 Å². The van der Waals surface area contributed by atoms with Crippen molar-refractivity contribution in [2.75, 3.05) is 58.9 Å². The molecule has 0 radical (unpaired) electrons. The predicted molar refractivity (Wildman–Crippen MR) is 331 cm³/mol. The fourth-order valence-electron chi connectivity index (χ4n) is 15.4. The molecular formula is C69H106FN7O5. The second kappa shape index (κ2) is 25.7. The van der Waals surface area contributed by atoms with Crippen molar-refractivity contribution >= 4 is 29.5 Å². The molecule has 5 amide bonds. The van der Waals surface area contributed by atoms with Gasteiger partial charge >= 0.3 is 0 Å². The maximum absolute atomic E-state index is 14.3. The van der Waals surface area contributed by atoms with Crippen LogP contribution in [0.5, 0.6) is 0 Å². The molecule has 3 aromatic rings. The predicted octanol–water partition coefficient (Wildman–Crippen LogP) is 12.7. The van der Waals surface area contributed by atoms with Crippen LogP contribution >= 0.6 is 0 Å². The Morgan fingerprint density at radius 1 is 0.598 bits per heavy atom. The summed E-state index contributed by atoms with van der Waals surface area (Å²) in [4.78, 5) is 69.8. The van der Waals surface area contributed by atoms with E-state index in [1.807, 2.05) is 6.07 Å². The maximum atomic E-state index is 14.3. The van der Waals surface area contributed by atoms with Crippen molar-refractivity contribution in [3.8, 4) is 0 Å². The van der Waals surface area contributed by atoms with Gasteiger partial charge in [0.1, 0.15) is 11.9 Å². The smallest absolute Gasteiger partial charge is 0.243 e. The Morgan fingerprint density at radius 2 is 1.06 bits per heavy atom. The van der Waals surface area contributed by atoms with Gasteiger partial charge in [-0.05, 0) is 227 Å². The van der Waals surface area contributed by atoms with E-state index in [1.54, 1.807) is 17.9 Å². The van der Waals surface area contributed by atoms with Gasteiger partial charge in [-0.2, -0.15) is 0 Å². The third-order valence-corrected chi connectivity index (χ3v) is 20.3. The molecule has 8 aliphatic rings. The average molecular weight is 1130 g/mol. The number of piperidine rings is 3. The highest BCUT2D eigenvalue weighted by molar-refractivity contribution is 6.02. The molecule has 5 fully saturated rings. The van der Waals surface area contributed by atoms with Gasteiger partial charge in [0.15, 0.2) is 0 Å². The zero-order valence-corrected chi connectivity index (χ0v) is 51.5. The van der Waals surface area contributed by atoms with Crippen LogP contribution in [-0.2, 0) is 40.2 Å². The minimum atomic E-state index is -0.446. The first-order valence-corrected chi connectivity index (χ1v) is 31.8. The molecule has 3 aromatic carbocycles. The number of nitrogens with zero attached hydrogens (tertiary/aromatic N) is 4. The van der Waals surface area contributed by atoms with Crippen LogP contribution in [0.2, 0.25) is 0 Å². The first-order chi connectivity index (χ1) is 38.9. The quantitative estimate of drug-likeness (QED) is 0.171. The summed E-state index contributed by atoms with van der Waals surface area (Å²) in [6.45, 7) is 30.3. The lowest BCUT2D eigenvalue weighted by atomic mass is 9.63. The second-order valence-corrected chi connectivity index (χ2v) is 29.0. The molecule has 82 heavy (non-hydrogen) atoms. The van der Waals surface area contributed by atoms with Crippen molar-refractivity contribution in [1.29, 1.82) is 0 Å². The van der Waals surface area contributed by atoms with E-state index in [2.05, 4.69) is 135 Å². The van der Waals surface area contributed by atoms with Crippen LogP contribution in [0.1, 0.15) is 234 Å². The monoisotopic (exact) mass is 1130 g/mol. The van der Waals surface area contributed by atoms with Crippen LogP contribution < -0.4 is 16.0 Å². The van der Waals surface area contributed by atoms with Crippen LogP contribution in [0.15, 0.2) is 66.7 Å². The lowest BCUT2D eigenvalue weighted by Crippen LogP contribution is -2.48. The molecule has 0 unspecified atom stereocenters. The maximum Gasteiger partial charge on any atom is 0.243 e. The van der Waals surface area contributed by atoms with Gasteiger partial charge < -0.3 is 30.7 Å². The molecule has 3 aliphatic carbocycles.